The maximum atomic E-state index is 12.6. The average Bonchev–Trinajstić information content (AvgIpc) is 2.63. The highest BCUT2D eigenvalue weighted by Crippen LogP contribution is 2.13. The van der Waals surface area contributed by atoms with Crippen molar-refractivity contribution >= 4 is 29.5 Å². The Kier molecular flexibility index (Phi) is 7.38. The van der Waals surface area contributed by atoms with Gasteiger partial charge in [-0.15, -0.1) is 0 Å². The van der Waals surface area contributed by atoms with Crippen molar-refractivity contribution in [1.29, 1.82) is 0 Å². The lowest BCUT2D eigenvalue weighted by Crippen LogP contribution is -2.39. The van der Waals surface area contributed by atoms with Crippen LogP contribution in [0.2, 0.25) is 5.02 Å². The van der Waals surface area contributed by atoms with Crippen molar-refractivity contribution < 1.29 is 14.7 Å². The number of hydrogen-bond acceptors (Lipinski definition) is 3. The quantitative estimate of drug-likeness (QED) is 0.654. The van der Waals surface area contributed by atoms with Crippen molar-refractivity contribution in [3.05, 3.63) is 76.4 Å². The van der Waals surface area contributed by atoms with Gasteiger partial charge in [-0.25, -0.2) is 0 Å². The summed E-state index contributed by atoms with van der Waals surface area (Å²) in [6.45, 7) is 1.75. The lowest BCUT2D eigenvalue weighted by molar-refractivity contribution is -0.118. The van der Waals surface area contributed by atoms with Crippen LogP contribution in [-0.2, 0) is 4.79 Å². The molecule has 2 rings (SSSR count). The maximum Gasteiger partial charge on any atom is 0.268 e. The van der Waals surface area contributed by atoms with E-state index in [1.807, 2.05) is 6.07 Å². The highest BCUT2D eigenvalue weighted by molar-refractivity contribution is 6.30. The number of hydrogen-bond donors (Lipinski definition) is 3. The molecule has 1 atom stereocenters. The van der Waals surface area contributed by atoms with Crippen molar-refractivity contribution in [3.8, 4) is 0 Å². The highest BCUT2D eigenvalue weighted by Gasteiger charge is 2.16. The molecule has 26 heavy (non-hydrogen) atoms. The predicted octanol–water partition coefficient (Wildman–Crippen LogP) is 3.00. The van der Waals surface area contributed by atoms with Crippen molar-refractivity contribution in [1.82, 2.24) is 10.6 Å². The van der Waals surface area contributed by atoms with Gasteiger partial charge in [-0.05, 0) is 49.2 Å². The van der Waals surface area contributed by atoms with E-state index in [0.717, 1.165) is 5.56 Å². The van der Waals surface area contributed by atoms with Crippen molar-refractivity contribution in [3.63, 3.8) is 0 Å². The van der Waals surface area contributed by atoms with Crippen molar-refractivity contribution in [2.45, 2.75) is 19.4 Å². The summed E-state index contributed by atoms with van der Waals surface area (Å²) in [6.07, 6.45) is 2.00. The van der Waals surface area contributed by atoms with E-state index in [2.05, 4.69) is 10.6 Å². The molecule has 0 saturated carbocycles. The SMILES string of the molecule is C[C@@H](CCO)NC(=O)/C(=C\c1ccc(Cl)cc1)NC(=O)c1ccccc1. The lowest BCUT2D eigenvalue weighted by Gasteiger charge is -2.15. The first kappa shape index (κ1) is 19.7. The van der Waals surface area contributed by atoms with E-state index < -0.39 is 5.91 Å². The number of amides is 2. The zero-order chi connectivity index (χ0) is 18.9. The molecule has 0 unspecified atom stereocenters. The number of halogens is 1. The van der Waals surface area contributed by atoms with Crippen LogP contribution in [0.4, 0.5) is 0 Å². The fraction of sp³-hybridized carbons (Fsp3) is 0.200. The summed E-state index contributed by atoms with van der Waals surface area (Å²) in [7, 11) is 0. The summed E-state index contributed by atoms with van der Waals surface area (Å²) >= 11 is 5.89. The van der Waals surface area contributed by atoms with Gasteiger partial charge in [-0.3, -0.25) is 9.59 Å². The van der Waals surface area contributed by atoms with Gasteiger partial charge in [0, 0.05) is 23.2 Å². The van der Waals surface area contributed by atoms with Gasteiger partial charge >= 0.3 is 0 Å². The first-order valence-electron chi connectivity index (χ1n) is 8.25. The monoisotopic (exact) mass is 372 g/mol. The van der Waals surface area contributed by atoms with Crippen LogP contribution >= 0.6 is 11.6 Å². The predicted molar refractivity (Wildman–Crippen MR) is 103 cm³/mol. The molecule has 0 aliphatic heterocycles. The second kappa shape index (κ2) is 9.75. The van der Waals surface area contributed by atoms with E-state index in [9.17, 15) is 9.59 Å². The Bertz CT molecular complexity index is 773. The van der Waals surface area contributed by atoms with Crippen LogP contribution in [0, 0.1) is 0 Å². The van der Waals surface area contributed by atoms with E-state index >= 15 is 0 Å². The molecule has 0 heterocycles. The van der Waals surface area contributed by atoms with Gasteiger partial charge in [0.1, 0.15) is 5.70 Å². The highest BCUT2D eigenvalue weighted by atomic mass is 35.5. The molecule has 2 amide bonds. The molecule has 0 bridgehead atoms. The molecule has 0 radical (unpaired) electrons. The standard InChI is InChI=1S/C20H21ClN2O3/c1-14(11-12-24)22-20(26)18(13-15-7-9-17(21)10-8-15)23-19(25)16-5-3-2-4-6-16/h2-10,13-14,24H,11-12H2,1H3,(H,22,26)(H,23,25)/b18-13+/t14-/m0/s1. The Hall–Kier alpha value is -2.63. The largest absolute Gasteiger partial charge is 0.396 e. The Morgan fingerprint density at radius 1 is 1.12 bits per heavy atom. The number of carbonyl (C=O) groups is 2. The minimum absolute atomic E-state index is 0.0337. The van der Waals surface area contributed by atoms with E-state index in [0.29, 0.717) is 17.0 Å². The number of aliphatic hydroxyl groups is 1. The van der Waals surface area contributed by atoms with Gasteiger partial charge < -0.3 is 15.7 Å². The van der Waals surface area contributed by atoms with Gasteiger partial charge in [0.15, 0.2) is 0 Å². The van der Waals surface area contributed by atoms with Crippen LogP contribution in [0.25, 0.3) is 6.08 Å². The molecular formula is C20H21ClN2O3. The number of aliphatic hydroxyl groups excluding tert-OH is 1. The molecule has 2 aromatic carbocycles. The molecule has 5 nitrogen and oxygen atoms in total. The zero-order valence-corrected chi connectivity index (χ0v) is 15.2. The molecule has 3 N–H and O–H groups in total. The summed E-state index contributed by atoms with van der Waals surface area (Å²) in [5.74, 6) is -0.805. The van der Waals surface area contributed by atoms with Crippen molar-refractivity contribution in [2.75, 3.05) is 6.61 Å². The van der Waals surface area contributed by atoms with Crippen LogP contribution in [-0.4, -0.2) is 29.6 Å². The van der Waals surface area contributed by atoms with Crippen LogP contribution in [0.15, 0.2) is 60.3 Å². The minimum atomic E-state index is -0.426. The van der Waals surface area contributed by atoms with E-state index in [1.54, 1.807) is 61.5 Å². The number of benzene rings is 2. The molecule has 0 spiro atoms. The average molecular weight is 373 g/mol. The first-order valence-corrected chi connectivity index (χ1v) is 8.63. The van der Waals surface area contributed by atoms with Gasteiger partial charge in [0.05, 0.1) is 0 Å². The Labute approximate surface area is 157 Å². The van der Waals surface area contributed by atoms with Crippen LogP contribution in [0.1, 0.15) is 29.3 Å². The third-order valence-electron chi connectivity index (χ3n) is 3.65. The summed E-state index contributed by atoms with van der Waals surface area (Å²) in [6, 6.07) is 15.3. The van der Waals surface area contributed by atoms with E-state index in [-0.39, 0.29) is 24.3 Å². The summed E-state index contributed by atoms with van der Waals surface area (Å²) in [5, 5.41) is 15.0. The molecule has 2 aromatic rings. The second-order valence-corrected chi connectivity index (χ2v) is 6.25. The first-order chi connectivity index (χ1) is 12.5. The number of rotatable bonds is 7. The Balaban J connectivity index is 2.24. The third-order valence-corrected chi connectivity index (χ3v) is 3.90. The van der Waals surface area contributed by atoms with Crippen LogP contribution < -0.4 is 10.6 Å². The molecular weight excluding hydrogens is 352 g/mol. The Morgan fingerprint density at radius 3 is 2.38 bits per heavy atom. The van der Waals surface area contributed by atoms with E-state index in [1.165, 1.54) is 0 Å². The normalized spacial score (nSPS) is 12.3. The molecule has 0 aliphatic rings. The summed E-state index contributed by atoms with van der Waals surface area (Å²) in [5.41, 5.74) is 1.29. The molecule has 0 aliphatic carbocycles. The maximum absolute atomic E-state index is 12.6. The summed E-state index contributed by atoms with van der Waals surface area (Å²) in [4.78, 5) is 25.0. The van der Waals surface area contributed by atoms with Gasteiger partial charge in [0.2, 0.25) is 0 Å². The fourth-order valence-electron chi connectivity index (χ4n) is 2.24. The molecule has 6 heteroatoms. The number of nitrogens with one attached hydrogen (secondary N) is 2. The second-order valence-electron chi connectivity index (χ2n) is 5.82. The van der Waals surface area contributed by atoms with Crippen LogP contribution in [0.3, 0.4) is 0 Å². The smallest absolute Gasteiger partial charge is 0.268 e. The zero-order valence-electron chi connectivity index (χ0n) is 14.4. The summed E-state index contributed by atoms with van der Waals surface area (Å²) < 4.78 is 0. The lowest BCUT2D eigenvalue weighted by atomic mass is 10.1. The van der Waals surface area contributed by atoms with Gasteiger partial charge in [-0.2, -0.15) is 0 Å². The van der Waals surface area contributed by atoms with E-state index in [4.69, 9.17) is 16.7 Å². The van der Waals surface area contributed by atoms with Gasteiger partial charge in [-0.1, -0.05) is 41.9 Å². The molecule has 0 saturated heterocycles. The van der Waals surface area contributed by atoms with Gasteiger partial charge in [0.25, 0.3) is 11.8 Å². The minimum Gasteiger partial charge on any atom is -0.396 e. The molecule has 136 valence electrons. The number of carbonyl (C=O) groups excluding carboxylic acids is 2. The topological polar surface area (TPSA) is 78.4 Å². The molecule has 0 fully saturated rings. The molecule has 0 aromatic heterocycles. The fourth-order valence-corrected chi connectivity index (χ4v) is 2.36. The van der Waals surface area contributed by atoms with Crippen LogP contribution in [0.5, 0.6) is 0 Å². The Morgan fingerprint density at radius 2 is 1.77 bits per heavy atom. The third kappa shape index (κ3) is 6.02. The van der Waals surface area contributed by atoms with Crippen molar-refractivity contribution in [2.24, 2.45) is 0 Å².